The summed E-state index contributed by atoms with van der Waals surface area (Å²) in [5.74, 6) is 4.43. The molecule has 2 heterocycles. The minimum Gasteiger partial charge on any atom is -0.370 e. The van der Waals surface area contributed by atoms with Gasteiger partial charge in [0.25, 0.3) is 0 Å². The normalized spacial score (nSPS) is 13.9. The van der Waals surface area contributed by atoms with Crippen molar-refractivity contribution in [3.05, 3.63) is 70.9 Å². The fourth-order valence-electron chi connectivity index (χ4n) is 3.71. The van der Waals surface area contributed by atoms with E-state index in [1.807, 2.05) is 12.1 Å². The number of rotatable bonds is 3. The molecule has 0 aliphatic carbocycles. The first-order valence-corrected chi connectivity index (χ1v) is 8.45. The maximum absolute atomic E-state index is 11.5. The molecule has 1 aliphatic heterocycles. The first-order valence-electron chi connectivity index (χ1n) is 8.45. The Morgan fingerprint density at radius 2 is 1.88 bits per heavy atom. The average molecular weight is 351 g/mol. The number of benzene rings is 2. The average Bonchev–Trinajstić information content (AvgIpc) is 2.95. The highest BCUT2D eigenvalue weighted by Crippen LogP contribution is 2.31. The molecule has 0 atom stereocenters. The molecule has 2 N–H and O–H groups in total. The van der Waals surface area contributed by atoms with Crippen molar-refractivity contribution in [2.24, 2.45) is 5.90 Å². The van der Waals surface area contributed by atoms with Crippen molar-refractivity contribution in [2.75, 3.05) is 13.6 Å². The Hall–Kier alpha value is -2.63. The molecule has 0 spiro atoms. The van der Waals surface area contributed by atoms with Gasteiger partial charge in [0.05, 0.1) is 5.56 Å². The van der Waals surface area contributed by atoms with E-state index in [2.05, 4.69) is 45.6 Å². The maximum Gasteiger partial charge on any atom is 0.356 e. The van der Waals surface area contributed by atoms with E-state index in [-0.39, 0.29) is 7.43 Å². The number of hydrogen-bond donors (Lipinski definition) is 1. The van der Waals surface area contributed by atoms with Gasteiger partial charge in [-0.05, 0) is 36.4 Å². The highest BCUT2D eigenvalue weighted by molar-refractivity contribution is 5.89. The number of carbonyl (C=O) groups excluding carboxylic acids is 1. The molecular formula is C21H25N3O2. The van der Waals surface area contributed by atoms with E-state index in [9.17, 15) is 4.79 Å². The number of nitrogens with two attached hydrogens (primary N) is 1. The highest BCUT2D eigenvalue weighted by Gasteiger charge is 2.22. The summed E-state index contributed by atoms with van der Waals surface area (Å²) in [5, 5.41) is 1.34. The van der Waals surface area contributed by atoms with Gasteiger partial charge in [-0.25, -0.2) is 4.79 Å². The number of carbonyl (C=O) groups is 1. The zero-order valence-corrected chi connectivity index (χ0v) is 14.2. The molecule has 1 aliphatic rings. The minimum atomic E-state index is -0.515. The summed E-state index contributed by atoms with van der Waals surface area (Å²) in [6, 6.07) is 16.0. The van der Waals surface area contributed by atoms with Gasteiger partial charge in [0.1, 0.15) is 0 Å². The van der Waals surface area contributed by atoms with Crippen LogP contribution in [0.3, 0.4) is 0 Å². The van der Waals surface area contributed by atoms with Crippen LogP contribution in [0.4, 0.5) is 0 Å². The van der Waals surface area contributed by atoms with Gasteiger partial charge in [-0.2, -0.15) is 5.90 Å². The van der Waals surface area contributed by atoms with Crippen LogP contribution >= 0.6 is 0 Å². The molecule has 0 saturated heterocycles. The Labute approximate surface area is 153 Å². The Morgan fingerprint density at radius 3 is 2.62 bits per heavy atom. The van der Waals surface area contributed by atoms with Crippen molar-refractivity contribution >= 4 is 16.9 Å². The van der Waals surface area contributed by atoms with Crippen LogP contribution in [0.5, 0.6) is 0 Å². The van der Waals surface area contributed by atoms with Crippen LogP contribution in [0, 0.1) is 0 Å². The van der Waals surface area contributed by atoms with E-state index in [0.717, 1.165) is 31.6 Å². The fraction of sp³-hybridized carbons (Fsp3) is 0.286. The highest BCUT2D eigenvalue weighted by atomic mass is 16.7. The number of para-hydroxylation sites is 1. The van der Waals surface area contributed by atoms with Gasteiger partial charge in [-0.1, -0.05) is 37.8 Å². The van der Waals surface area contributed by atoms with E-state index in [4.69, 9.17) is 5.90 Å². The summed E-state index contributed by atoms with van der Waals surface area (Å²) in [5.41, 5.74) is 5.74. The maximum atomic E-state index is 11.5. The molecule has 0 amide bonds. The molecule has 0 saturated carbocycles. The summed E-state index contributed by atoms with van der Waals surface area (Å²) < 4.78 is 2.41. The van der Waals surface area contributed by atoms with Crippen molar-refractivity contribution in [2.45, 2.75) is 26.9 Å². The predicted molar refractivity (Wildman–Crippen MR) is 104 cm³/mol. The quantitative estimate of drug-likeness (QED) is 0.735. The molecule has 5 nitrogen and oxygen atoms in total. The van der Waals surface area contributed by atoms with Crippen LogP contribution in [0.15, 0.2) is 48.5 Å². The standard InChI is InChI=1S/C20H21N3O2.CH4/c1-22-11-10-19-17(13-22)16-4-2-3-5-18(16)23(19)12-14-6-8-15(9-7-14)20(24)25-21;/h2-9H,10-13,21H2,1H3;1H4. The minimum absolute atomic E-state index is 0. The second-order valence-corrected chi connectivity index (χ2v) is 6.62. The fourth-order valence-corrected chi connectivity index (χ4v) is 3.71. The molecule has 0 bridgehead atoms. The van der Waals surface area contributed by atoms with Crippen molar-refractivity contribution < 1.29 is 9.63 Å². The first-order chi connectivity index (χ1) is 12.2. The van der Waals surface area contributed by atoms with Crippen LogP contribution < -0.4 is 5.90 Å². The molecule has 3 aromatic rings. The van der Waals surface area contributed by atoms with Gasteiger partial charge in [-0.15, -0.1) is 0 Å². The van der Waals surface area contributed by atoms with Gasteiger partial charge in [0.15, 0.2) is 0 Å². The molecule has 1 aromatic heterocycles. The Morgan fingerprint density at radius 1 is 1.15 bits per heavy atom. The molecule has 2 aromatic carbocycles. The molecule has 0 fully saturated rings. The van der Waals surface area contributed by atoms with Gasteiger partial charge in [0.2, 0.25) is 0 Å². The number of hydrogen-bond acceptors (Lipinski definition) is 4. The summed E-state index contributed by atoms with van der Waals surface area (Å²) >= 11 is 0. The number of likely N-dealkylation sites (N-methyl/N-ethyl adjacent to an activating group) is 1. The van der Waals surface area contributed by atoms with E-state index >= 15 is 0 Å². The van der Waals surface area contributed by atoms with Crippen molar-refractivity contribution in [1.29, 1.82) is 0 Å². The molecule has 4 rings (SSSR count). The second kappa shape index (κ2) is 7.32. The third kappa shape index (κ3) is 3.11. The Bertz CT molecular complexity index is 928. The van der Waals surface area contributed by atoms with E-state index in [1.165, 1.54) is 22.2 Å². The van der Waals surface area contributed by atoms with Crippen LogP contribution in [0.2, 0.25) is 0 Å². The molecule has 26 heavy (non-hydrogen) atoms. The molecular weight excluding hydrogens is 326 g/mol. The van der Waals surface area contributed by atoms with Crippen LogP contribution in [0.1, 0.15) is 34.6 Å². The number of fused-ring (bicyclic) bond motifs is 3. The zero-order chi connectivity index (χ0) is 17.4. The molecule has 0 unspecified atom stereocenters. The lowest BCUT2D eigenvalue weighted by molar-refractivity contribution is 0.0503. The molecule has 5 heteroatoms. The van der Waals surface area contributed by atoms with Crippen LogP contribution in [0.25, 0.3) is 10.9 Å². The lowest BCUT2D eigenvalue weighted by atomic mass is 10.1. The summed E-state index contributed by atoms with van der Waals surface area (Å²) in [7, 11) is 2.17. The number of nitrogens with zero attached hydrogens (tertiary/aromatic N) is 2. The SMILES string of the molecule is C.CN1CCc2c(c3ccccc3n2Cc2ccc(C(=O)ON)cc2)C1. The topological polar surface area (TPSA) is 60.5 Å². The molecule has 0 radical (unpaired) electrons. The Kier molecular flexibility index (Phi) is 5.11. The zero-order valence-electron chi connectivity index (χ0n) is 14.2. The number of aromatic nitrogens is 1. The Balaban J connectivity index is 0.00000196. The van der Waals surface area contributed by atoms with Crippen molar-refractivity contribution in [3.63, 3.8) is 0 Å². The lowest BCUT2D eigenvalue weighted by Crippen LogP contribution is -2.27. The van der Waals surface area contributed by atoms with Crippen LogP contribution in [-0.4, -0.2) is 29.0 Å². The van der Waals surface area contributed by atoms with E-state index in [0.29, 0.717) is 5.56 Å². The van der Waals surface area contributed by atoms with Gasteiger partial charge in [0, 0.05) is 42.7 Å². The lowest BCUT2D eigenvalue weighted by Gasteiger charge is -2.24. The van der Waals surface area contributed by atoms with Gasteiger partial charge >= 0.3 is 5.97 Å². The largest absolute Gasteiger partial charge is 0.370 e. The predicted octanol–water partition coefficient (Wildman–Crippen LogP) is 3.34. The monoisotopic (exact) mass is 351 g/mol. The summed E-state index contributed by atoms with van der Waals surface area (Å²) in [6.45, 7) is 2.85. The van der Waals surface area contributed by atoms with Crippen molar-refractivity contribution in [3.8, 4) is 0 Å². The van der Waals surface area contributed by atoms with Crippen LogP contribution in [-0.2, 0) is 24.3 Å². The second-order valence-electron chi connectivity index (χ2n) is 6.62. The van der Waals surface area contributed by atoms with E-state index in [1.54, 1.807) is 12.1 Å². The van der Waals surface area contributed by atoms with Gasteiger partial charge in [-0.3, -0.25) is 0 Å². The summed E-state index contributed by atoms with van der Waals surface area (Å²) in [4.78, 5) is 18.1. The van der Waals surface area contributed by atoms with E-state index < -0.39 is 5.97 Å². The smallest absolute Gasteiger partial charge is 0.356 e. The molecule has 136 valence electrons. The van der Waals surface area contributed by atoms with Gasteiger partial charge < -0.3 is 14.3 Å². The summed E-state index contributed by atoms with van der Waals surface area (Å²) in [6.07, 6.45) is 1.05. The third-order valence-corrected chi connectivity index (χ3v) is 4.99. The first kappa shape index (κ1) is 18.2. The third-order valence-electron chi connectivity index (χ3n) is 4.99. The van der Waals surface area contributed by atoms with Crippen molar-refractivity contribution in [1.82, 2.24) is 9.47 Å².